The highest BCUT2D eigenvalue weighted by molar-refractivity contribution is 5.85. The standard InChI is InChI=1S/C14H24N2O2/c1-11(9-12(2)17)16-13(18)14(10-15)7-5-3-4-6-8-14/h11-12,17H,3-9H2,1-2H3,(H,16,18). The number of hydrogen-bond acceptors (Lipinski definition) is 3. The zero-order chi connectivity index (χ0) is 13.6. The van der Waals surface area contributed by atoms with E-state index in [1.54, 1.807) is 6.92 Å². The average molecular weight is 252 g/mol. The van der Waals surface area contributed by atoms with E-state index in [1.165, 1.54) is 0 Å². The lowest BCUT2D eigenvalue weighted by Gasteiger charge is -2.26. The second-order valence-corrected chi connectivity index (χ2v) is 5.57. The zero-order valence-electron chi connectivity index (χ0n) is 11.4. The first-order valence-electron chi connectivity index (χ1n) is 6.90. The van der Waals surface area contributed by atoms with Crippen molar-refractivity contribution in [3.05, 3.63) is 0 Å². The Balaban J connectivity index is 2.64. The van der Waals surface area contributed by atoms with Gasteiger partial charge in [0.05, 0.1) is 12.2 Å². The Kier molecular flexibility index (Phi) is 5.61. The summed E-state index contributed by atoms with van der Waals surface area (Å²) >= 11 is 0. The van der Waals surface area contributed by atoms with Crippen molar-refractivity contribution in [1.82, 2.24) is 5.32 Å². The molecule has 2 N–H and O–H groups in total. The Morgan fingerprint density at radius 3 is 2.33 bits per heavy atom. The molecular weight excluding hydrogens is 228 g/mol. The number of aliphatic hydroxyl groups excluding tert-OH is 1. The van der Waals surface area contributed by atoms with Gasteiger partial charge in [-0.15, -0.1) is 0 Å². The lowest BCUT2D eigenvalue weighted by Crippen LogP contribution is -2.44. The Hall–Kier alpha value is -1.08. The predicted octanol–water partition coefficient (Wildman–Crippen LogP) is 2.13. The fourth-order valence-corrected chi connectivity index (χ4v) is 2.65. The molecule has 2 unspecified atom stereocenters. The second-order valence-electron chi connectivity index (χ2n) is 5.57. The van der Waals surface area contributed by atoms with Gasteiger partial charge in [-0.25, -0.2) is 0 Å². The minimum atomic E-state index is -0.844. The smallest absolute Gasteiger partial charge is 0.240 e. The van der Waals surface area contributed by atoms with Crippen molar-refractivity contribution in [3.8, 4) is 6.07 Å². The van der Waals surface area contributed by atoms with E-state index >= 15 is 0 Å². The van der Waals surface area contributed by atoms with Crippen LogP contribution >= 0.6 is 0 Å². The molecule has 1 fully saturated rings. The second kappa shape index (κ2) is 6.75. The van der Waals surface area contributed by atoms with Gasteiger partial charge in [-0.1, -0.05) is 25.7 Å². The fourth-order valence-electron chi connectivity index (χ4n) is 2.65. The molecule has 0 aliphatic heterocycles. The zero-order valence-corrected chi connectivity index (χ0v) is 11.4. The van der Waals surface area contributed by atoms with Crippen molar-refractivity contribution in [2.24, 2.45) is 5.41 Å². The van der Waals surface area contributed by atoms with Crippen LogP contribution in [0.2, 0.25) is 0 Å². The summed E-state index contributed by atoms with van der Waals surface area (Å²) in [7, 11) is 0. The summed E-state index contributed by atoms with van der Waals surface area (Å²) in [5.74, 6) is -0.153. The summed E-state index contributed by atoms with van der Waals surface area (Å²) in [5.41, 5.74) is -0.844. The third kappa shape index (κ3) is 3.99. The van der Waals surface area contributed by atoms with Gasteiger partial charge >= 0.3 is 0 Å². The Labute approximate surface area is 109 Å². The molecule has 0 radical (unpaired) electrons. The van der Waals surface area contributed by atoms with E-state index in [2.05, 4.69) is 11.4 Å². The molecule has 0 aromatic carbocycles. The SMILES string of the molecule is CC(O)CC(C)NC(=O)C1(C#N)CCCCCC1. The van der Waals surface area contributed by atoms with Crippen LogP contribution in [-0.2, 0) is 4.79 Å². The first-order chi connectivity index (χ1) is 8.50. The summed E-state index contributed by atoms with van der Waals surface area (Å²) in [4.78, 5) is 12.3. The van der Waals surface area contributed by atoms with Gasteiger partial charge in [-0.2, -0.15) is 5.26 Å². The molecule has 2 atom stereocenters. The lowest BCUT2D eigenvalue weighted by molar-refractivity contribution is -0.129. The van der Waals surface area contributed by atoms with E-state index < -0.39 is 11.5 Å². The third-order valence-electron chi connectivity index (χ3n) is 3.68. The highest BCUT2D eigenvalue weighted by Gasteiger charge is 2.39. The van der Waals surface area contributed by atoms with Gasteiger partial charge in [-0.05, 0) is 33.1 Å². The molecule has 1 saturated carbocycles. The van der Waals surface area contributed by atoms with E-state index in [0.717, 1.165) is 25.7 Å². The van der Waals surface area contributed by atoms with Crippen molar-refractivity contribution in [3.63, 3.8) is 0 Å². The molecule has 0 saturated heterocycles. The number of hydrogen-bond donors (Lipinski definition) is 2. The molecule has 0 heterocycles. The van der Waals surface area contributed by atoms with Crippen LogP contribution < -0.4 is 5.32 Å². The molecule has 0 spiro atoms. The minimum absolute atomic E-state index is 0.0917. The molecule has 18 heavy (non-hydrogen) atoms. The van der Waals surface area contributed by atoms with Crippen LogP contribution in [0.1, 0.15) is 58.8 Å². The van der Waals surface area contributed by atoms with Gasteiger partial charge in [-0.3, -0.25) is 4.79 Å². The molecule has 4 nitrogen and oxygen atoms in total. The molecule has 1 rings (SSSR count). The highest BCUT2D eigenvalue weighted by Crippen LogP contribution is 2.34. The van der Waals surface area contributed by atoms with Gasteiger partial charge in [0.2, 0.25) is 5.91 Å². The van der Waals surface area contributed by atoms with Crippen molar-refractivity contribution in [2.75, 3.05) is 0 Å². The predicted molar refractivity (Wildman–Crippen MR) is 69.7 cm³/mol. The van der Waals surface area contributed by atoms with E-state index in [0.29, 0.717) is 19.3 Å². The quantitative estimate of drug-likeness (QED) is 0.753. The van der Waals surface area contributed by atoms with Crippen LogP contribution in [-0.4, -0.2) is 23.2 Å². The van der Waals surface area contributed by atoms with Gasteiger partial charge in [0.1, 0.15) is 5.41 Å². The summed E-state index contributed by atoms with van der Waals surface area (Å²) < 4.78 is 0. The summed E-state index contributed by atoms with van der Waals surface area (Å²) in [6.07, 6.45) is 5.53. The van der Waals surface area contributed by atoms with Gasteiger partial charge in [0.15, 0.2) is 0 Å². The fraction of sp³-hybridized carbons (Fsp3) is 0.857. The summed E-state index contributed by atoms with van der Waals surface area (Å²) in [5, 5.41) is 21.5. The molecule has 1 amide bonds. The number of nitriles is 1. The molecule has 1 aliphatic carbocycles. The number of amides is 1. The number of carbonyl (C=O) groups excluding carboxylic acids is 1. The van der Waals surface area contributed by atoms with Crippen molar-refractivity contribution in [2.45, 2.75) is 70.9 Å². The van der Waals surface area contributed by atoms with Crippen LogP contribution in [0, 0.1) is 16.7 Å². The monoisotopic (exact) mass is 252 g/mol. The number of carbonyl (C=O) groups is 1. The van der Waals surface area contributed by atoms with Crippen molar-refractivity contribution < 1.29 is 9.90 Å². The molecule has 0 aromatic heterocycles. The number of aliphatic hydroxyl groups is 1. The number of nitrogens with zero attached hydrogens (tertiary/aromatic N) is 1. The largest absolute Gasteiger partial charge is 0.393 e. The number of rotatable bonds is 4. The van der Waals surface area contributed by atoms with Crippen LogP contribution in [0.4, 0.5) is 0 Å². The van der Waals surface area contributed by atoms with Gasteiger partial charge < -0.3 is 10.4 Å². The van der Waals surface area contributed by atoms with Gasteiger partial charge in [0.25, 0.3) is 0 Å². The van der Waals surface area contributed by atoms with Crippen molar-refractivity contribution in [1.29, 1.82) is 5.26 Å². The lowest BCUT2D eigenvalue weighted by atomic mass is 9.80. The van der Waals surface area contributed by atoms with E-state index in [1.807, 2.05) is 6.92 Å². The van der Waals surface area contributed by atoms with E-state index in [9.17, 15) is 15.2 Å². The first-order valence-corrected chi connectivity index (χ1v) is 6.90. The van der Waals surface area contributed by atoms with Gasteiger partial charge in [0, 0.05) is 6.04 Å². The minimum Gasteiger partial charge on any atom is -0.393 e. The maximum absolute atomic E-state index is 12.3. The first kappa shape index (κ1) is 15.0. The molecule has 1 aliphatic rings. The maximum atomic E-state index is 12.3. The van der Waals surface area contributed by atoms with E-state index in [4.69, 9.17) is 0 Å². The third-order valence-corrected chi connectivity index (χ3v) is 3.68. The molecule has 0 bridgehead atoms. The van der Waals surface area contributed by atoms with Crippen LogP contribution in [0.3, 0.4) is 0 Å². The summed E-state index contributed by atoms with van der Waals surface area (Å²) in [6, 6.07) is 2.15. The topological polar surface area (TPSA) is 73.1 Å². The van der Waals surface area contributed by atoms with E-state index in [-0.39, 0.29) is 11.9 Å². The molecule has 0 aromatic rings. The average Bonchev–Trinajstić information content (AvgIpc) is 2.53. The Morgan fingerprint density at radius 2 is 1.89 bits per heavy atom. The Bertz CT molecular complexity index is 312. The van der Waals surface area contributed by atoms with Crippen molar-refractivity contribution >= 4 is 5.91 Å². The van der Waals surface area contributed by atoms with Crippen LogP contribution in [0.25, 0.3) is 0 Å². The van der Waals surface area contributed by atoms with Crippen LogP contribution in [0.15, 0.2) is 0 Å². The number of nitrogens with one attached hydrogen (secondary N) is 1. The molecule has 102 valence electrons. The molecule has 4 heteroatoms. The van der Waals surface area contributed by atoms with Crippen LogP contribution in [0.5, 0.6) is 0 Å². The normalized spacial score (nSPS) is 22.3. The summed E-state index contributed by atoms with van der Waals surface area (Å²) in [6.45, 7) is 3.57. The molecular formula is C14H24N2O2. The highest BCUT2D eigenvalue weighted by atomic mass is 16.3. The maximum Gasteiger partial charge on any atom is 0.240 e. The Morgan fingerprint density at radius 1 is 1.33 bits per heavy atom.